The number of carbonyl (C=O) groups excluding carboxylic acids is 3. The van der Waals surface area contributed by atoms with Crippen molar-refractivity contribution in [2.45, 2.75) is 33.2 Å². The van der Waals surface area contributed by atoms with Crippen molar-refractivity contribution in [1.29, 1.82) is 0 Å². The molecule has 2 aromatic carbocycles. The molecule has 0 aromatic heterocycles. The Balaban J connectivity index is 1.86. The van der Waals surface area contributed by atoms with Gasteiger partial charge in [-0.15, -0.1) is 0 Å². The van der Waals surface area contributed by atoms with Crippen LogP contribution in [-0.4, -0.2) is 36.2 Å². The lowest BCUT2D eigenvalue weighted by molar-refractivity contribution is -0.128. The molecular weight excluding hydrogens is 356 g/mol. The van der Waals surface area contributed by atoms with Gasteiger partial charge in [0.15, 0.2) is 5.78 Å². The van der Waals surface area contributed by atoms with Crippen LogP contribution in [-0.2, 0) is 16.1 Å². The highest BCUT2D eigenvalue weighted by Crippen LogP contribution is 2.15. The molecule has 0 atom stereocenters. The topological polar surface area (TPSA) is 75.7 Å². The maximum atomic E-state index is 12.3. The molecule has 0 aliphatic heterocycles. The van der Waals surface area contributed by atoms with E-state index in [0.29, 0.717) is 30.2 Å². The molecule has 0 fully saturated rings. The zero-order valence-corrected chi connectivity index (χ0v) is 16.5. The van der Waals surface area contributed by atoms with Crippen LogP contribution in [0.15, 0.2) is 48.5 Å². The van der Waals surface area contributed by atoms with Crippen LogP contribution in [0.1, 0.15) is 42.6 Å². The Bertz CT molecular complexity index is 831. The van der Waals surface area contributed by atoms with Crippen LogP contribution in [0.5, 0.6) is 5.75 Å². The monoisotopic (exact) mass is 382 g/mol. The minimum absolute atomic E-state index is 0.0257. The zero-order valence-electron chi connectivity index (χ0n) is 16.5. The second-order valence-corrected chi connectivity index (χ2v) is 6.50. The van der Waals surface area contributed by atoms with E-state index in [1.165, 1.54) is 6.92 Å². The standard InChI is InChI=1S/C22H26N2O4/c1-4-28-20-10-8-18(9-11-20)21(26)12-13-22(27)23-19-7-5-6-17(14-19)15-24(3)16(2)25/h5-11,14H,4,12-13,15H2,1-3H3,(H,23,27). The van der Waals surface area contributed by atoms with E-state index in [2.05, 4.69) is 5.32 Å². The third-order valence-corrected chi connectivity index (χ3v) is 4.23. The number of nitrogens with zero attached hydrogens (tertiary/aromatic N) is 1. The van der Waals surface area contributed by atoms with E-state index in [1.54, 1.807) is 42.3 Å². The fourth-order valence-electron chi connectivity index (χ4n) is 2.63. The SMILES string of the molecule is CCOc1ccc(C(=O)CCC(=O)Nc2cccc(CN(C)C(C)=O)c2)cc1. The van der Waals surface area contributed by atoms with Crippen molar-refractivity contribution >= 4 is 23.3 Å². The number of amides is 2. The van der Waals surface area contributed by atoms with E-state index in [0.717, 1.165) is 5.56 Å². The Morgan fingerprint density at radius 3 is 2.39 bits per heavy atom. The molecule has 0 aliphatic rings. The van der Waals surface area contributed by atoms with Crippen molar-refractivity contribution < 1.29 is 19.1 Å². The van der Waals surface area contributed by atoms with Gasteiger partial charge >= 0.3 is 0 Å². The number of rotatable bonds is 9. The predicted octanol–water partition coefficient (Wildman–Crippen LogP) is 3.67. The van der Waals surface area contributed by atoms with Crippen molar-refractivity contribution in [3.05, 3.63) is 59.7 Å². The highest BCUT2D eigenvalue weighted by molar-refractivity contribution is 6.00. The molecule has 0 unspecified atom stereocenters. The number of hydrogen-bond acceptors (Lipinski definition) is 4. The van der Waals surface area contributed by atoms with Crippen LogP contribution >= 0.6 is 0 Å². The molecule has 0 saturated heterocycles. The van der Waals surface area contributed by atoms with E-state index in [1.807, 2.05) is 25.1 Å². The van der Waals surface area contributed by atoms with Gasteiger partial charge in [0.2, 0.25) is 11.8 Å². The van der Waals surface area contributed by atoms with Crippen LogP contribution in [0.4, 0.5) is 5.69 Å². The molecule has 2 rings (SSSR count). The van der Waals surface area contributed by atoms with Crippen molar-refractivity contribution in [1.82, 2.24) is 4.90 Å². The number of hydrogen-bond donors (Lipinski definition) is 1. The summed E-state index contributed by atoms with van der Waals surface area (Å²) in [5, 5.41) is 2.80. The second-order valence-electron chi connectivity index (χ2n) is 6.50. The summed E-state index contributed by atoms with van der Waals surface area (Å²) in [6, 6.07) is 14.2. The lowest BCUT2D eigenvalue weighted by atomic mass is 10.1. The zero-order chi connectivity index (χ0) is 20.5. The number of carbonyl (C=O) groups is 3. The molecule has 2 aromatic rings. The molecule has 1 N–H and O–H groups in total. The molecule has 0 heterocycles. The van der Waals surface area contributed by atoms with Crippen molar-refractivity contribution in [3.63, 3.8) is 0 Å². The fraction of sp³-hybridized carbons (Fsp3) is 0.318. The average Bonchev–Trinajstić information content (AvgIpc) is 2.67. The van der Waals surface area contributed by atoms with Crippen LogP contribution < -0.4 is 10.1 Å². The molecular formula is C22H26N2O4. The van der Waals surface area contributed by atoms with Gasteiger partial charge in [0, 0.05) is 44.6 Å². The third-order valence-electron chi connectivity index (χ3n) is 4.23. The van der Waals surface area contributed by atoms with E-state index >= 15 is 0 Å². The molecule has 0 bridgehead atoms. The normalized spacial score (nSPS) is 10.2. The molecule has 28 heavy (non-hydrogen) atoms. The fourth-order valence-corrected chi connectivity index (χ4v) is 2.63. The molecule has 2 amide bonds. The maximum absolute atomic E-state index is 12.3. The smallest absolute Gasteiger partial charge is 0.224 e. The summed E-state index contributed by atoms with van der Waals surface area (Å²) in [4.78, 5) is 37.4. The van der Waals surface area contributed by atoms with E-state index < -0.39 is 0 Å². The average molecular weight is 382 g/mol. The molecule has 6 nitrogen and oxygen atoms in total. The number of benzene rings is 2. The maximum Gasteiger partial charge on any atom is 0.224 e. The van der Waals surface area contributed by atoms with E-state index in [4.69, 9.17) is 4.74 Å². The molecule has 0 aliphatic carbocycles. The molecule has 0 spiro atoms. The van der Waals surface area contributed by atoms with Gasteiger partial charge in [-0.2, -0.15) is 0 Å². The van der Waals surface area contributed by atoms with Gasteiger partial charge in [-0.05, 0) is 48.9 Å². The first kappa shape index (κ1) is 21.2. The second kappa shape index (κ2) is 10.3. The quantitative estimate of drug-likeness (QED) is 0.672. The molecule has 148 valence electrons. The Kier molecular flexibility index (Phi) is 7.75. The van der Waals surface area contributed by atoms with Gasteiger partial charge in [0.25, 0.3) is 0 Å². The minimum atomic E-state index is -0.226. The van der Waals surface area contributed by atoms with Crippen molar-refractivity contribution in [3.8, 4) is 5.75 Å². The van der Waals surface area contributed by atoms with Crippen molar-refractivity contribution in [2.24, 2.45) is 0 Å². The summed E-state index contributed by atoms with van der Waals surface area (Å²) in [7, 11) is 1.72. The summed E-state index contributed by atoms with van der Waals surface area (Å²) < 4.78 is 5.35. The number of anilines is 1. The summed E-state index contributed by atoms with van der Waals surface area (Å²) in [6.07, 6.45) is 0.232. The van der Waals surface area contributed by atoms with Gasteiger partial charge in [0.05, 0.1) is 6.61 Å². The van der Waals surface area contributed by atoms with Gasteiger partial charge < -0.3 is 15.0 Å². The van der Waals surface area contributed by atoms with Crippen LogP contribution in [0.25, 0.3) is 0 Å². The minimum Gasteiger partial charge on any atom is -0.494 e. The summed E-state index contributed by atoms with van der Waals surface area (Å²) in [6.45, 7) is 4.44. The summed E-state index contributed by atoms with van der Waals surface area (Å²) in [5.41, 5.74) is 2.12. The first-order valence-electron chi connectivity index (χ1n) is 9.25. The molecule has 0 radical (unpaired) electrons. The predicted molar refractivity (Wildman–Crippen MR) is 108 cm³/mol. The van der Waals surface area contributed by atoms with Crippen LogP contribution in [0, 0.1) is 0 Å². The lowest BCUT2D eigenvalue weighted by Crippen LogP contribution is -2.23. The number of nitrogens with one attached hydrogen (secondary N) is 1. The van der Waals surface area contributed by atoms with Crippen LogP contribution in [0.3, 0.4) is 0 Å². The van der Waals surface area contributed by atoms with E-state index in [-0.39, 0.29) is 30.4 Å². The Morgan fingerprint density at radius 1 is 1.04 bits per heavy atom. The van der Waals surface area contributed by atoms with E-state index in [9.17, 15) is 14.4 Å². The lowest BCUT2D eigenvalue weighted by Gasteiger charge is -2.15. The largest absolute Gasteiger partial charge is 0.494 e. The Hall–Kier alpha value is -3.15. The number of Topliss-reactive ketones (excluding diaryl/α,β-unsaturated/α-hetero) is 1. The molecule has 0 saturated carbocycles. The Labute approximate surface area is 165 Å². The number of ether oxygens (including phenoxy) is 1. The van der Waals surface area contributed by atoms with Gasteiger partial charge in [0.1, 0.15) is 5.75 Å². The first-order valence-corrected chi connectivity index (χ1v) is 9.25. The summed E-state index contributed by atoms with van der Waals surface area (Å²) in [5.74, 6) is 0.376. The highest BCUT2D eigenvalue weighted by atomic mass is 16.5. The number of ketones is 1. The van der Waals surface area contributed by atoms with Gasteiger partial charge in [-0.1, -0.05) is 12.1 Å². The Morgan fingerprint density at radius 2 is 1.75 bits per heavy atom. The van der Waals surface area contributed by atoms with Crippen molar-refractivity contribution in [2.75, 3.05) is 19.0 Å². The van der Waals surface area contributed by atoms with Gasteiger partial charge in [-0.25, -0.2) is 0 Å². The van der Waals surface area contributed by atoms with Crippen LogP contribution in [0.2, 0.25) is 0 Å². The highest BCUT2D eigenvalue weighted by Gasteiger charge is 2.11. The summed E-state index contributed by atoms with van der Waals surface area (Å²) >= 11 is 0. The molecule has 6 heteroatoms. The third kappa shape index (κ3) is 6.54. The van der Waals surface area contributed by atoms with Gasteiger partial charge in [-0.3, -0.25) is 14.4 Å². The first-order chi connectivity index (χ1) is 13.4.